The molecule has 0 aliphatic rings. The van der Waals surface area contributed by atoms with Gasteiger partial charge in [0, 0.05) is 18.3 Å². The highest BCUT2D eigenvalue weighted by atomic mass is 35.5. The monoisotopic (exact) mass is 343 g/mol. The summed E-state index contributed by atoms with van der Waals surface area (Å²) in [5, 5.41) is 2.88. The number of anilines is 1. The zero-order chi connectivity index (χ0) is 16.9. The molecule has 1 aromatic carbocycles. The zero-order valence-electron chi connectivity index (χ0n) is 12.2. The normalized spacial score (nSPS) is 10.2. The van der Waals surface area contributed by atoms with Crippen molar-refractivity contribution in [3.05, 3.63) is 77.5 Å². The van der Waals surface area contributed by atoms with Gasteiger partial charge in [0.2, 0.25) is 5.88 Å². The molecule has 7 heteroatoms. The lowest BCUT2D eigenvalue weighted by Crippen LogP contribution is -2.14. The molecule has 0 spiro atoms. The van der Waals surface area contributed by atoms with Crippen LogP contribution in [0, 0.1) is 5.82 Å². The molecule has 5 nitrogen and oxygen atoms in total. The number of nitrogens with zero attached hydrogens (tertiary/aromatic N) is 2. The second-order valence-electron chi connectivity index (χ2n) is 4.74. The lowest BCUT2D eigenvalue weighted by Gasteiger charge is -2.08. The third kappa shape index (κ3) is 3.85. The average molecular weight is 344 g/mol. The van der Waals surface area contributed by atoms with Crippen LogP contribution in [0.1, 0.15) is 10.5 Å². The van der Waals surface area contributed by atoms with Crippen LogP contribution in [0.3, 0.4) is 0 Å². The van der Waals surface area contributed by atoms with Crippen LogP contribution in [0.5, 0.6) is 11.6 Å². The maximum Gasteiger partial charge on any atom is 0.274 e. The summed E-state index contributed by atoms with van der Waals surface area (Å²) in [5.74, 6) is -0.486. The van der Waals surface area contributed by atoms with E-state index in [2.05, 4.69) is 15.3 Å². The van der Waals surface area contributed by atoms with Crippen molar-refractivity contribution in [3.8, 4) is 11.6 Å². The fourth-order valence-corrected chi connectivity index (χ4v) is 2.08. The molecule has 2 heterocycles. The largest absolute Gasteiger partial charge is 0.437 e. The van der Waals surface area contributed by atoms with Gasteiger partial charge in [0.1, 0.15) is 17.3 Å². The molecule has 0 fully saturated rings. The zero-order valence-corrected chi connectivity index (χ0v) is 13.0. The van der Waals surface area contributed by atoms with E-state index in [4.69, 9.17) is 16.3 Å². The van der Waals surface area contributed by atoms with Crippen LogP contribution in [-0.4, -0.2) is 15.9 Å². The van der Waals surface area contributed by atoms with E-state index in [1.54, 1.807) is 24.3 Å². The Balaban J connectivity index is 1.77. The lowest BCUT2D eigenvalue weighted by molar-refractivity contribution is 0.102. The van der Waals surface area contributed by atoms with E-state index in [9.17, 15) is 9.18 Å². The van der Waals surface area contributed by atoms with Crippen molar-refractivity contribution in [2.75, 3.05) is 5.32 Å². The quantitative estimate of drug-likeness (QED) is 0.766. The van der Waals surface area contributed by atoms with E-state index in [1.807, 2.05) is 0 Å². The molecule has 0 unspecified atom stereocenters. The minimum absolute atomic E-state index is 0.0784. The van der Waals surface area contributed by atoms with Crippen molar-refractivity contribution in [2.45, 2.75) is 0 Å². The molecule has 0 radical (unpaired) electrons. The molecule has 0 aliphatic heterocycles. The number of carbonyl (C=O) groups excluding carboxylic acids is 1. The number of aromatic nitrogens is 2. The minimum atomic E-state index is -0.547. The van der Waals surface area contributed by atoms with Gasteiger partial charge in [-0.15, -0.1) is 0 Å². The molecule has 0 aliphatic carbocycles. The maximum atomic E-state index is 13.6. The van der Waals surface area contributed by atoms with Crippen molar-refractivity contribution in [1.29, 1.82) is 0 Å². The SMILES string of the molecule is O=C(Nc1ccccc1F)c1cccc(Oc2cncc(Cl)c2)n1. The summed E-state index contributed by atoms with van der Waals surface area (Å²) in [6, 6.07) is 12.1. The average Bonchev–Trinajstić information content (AvgIpc) is 2.57. The number of ether oxygens (including phenoxy) is 1. The second-order valence-corrected chi connectivity index (χ2v) is 5.17. The first-order chi connectivity index (χ1) is 11.6. The molecule has 1 amide bonds. The number of carbonyl (C=O) groups is 1. The van der Waals surface area contributed by atoms with E-state index in [0.29, 0.717) is 10.8 Å². The summed E-state index contributed by atoms with van der Waals surface area (Å²) < 4.78 is 19.1. The van der Waals surface area contributed by atoms with Crippen molar-refractivity contribution < 1.29 is 13.9 Å². The fourth-order valence-electron chi connectivity index (χ4n) is 1.92. The van der Waals surface area contributed by atoms with Gasteiger partial charge in [0.25, 0.3) is 5.91 Å². The Bertz CT molecular complexity index is 889. The van der Waals surface area contributed by atoms with Crippen LogP contribution in [0.2, 0.25) is 5.02 Å². The highest BCUT2D eigenvalue weighted by Gasteiger charge is 2.11. The molecule has 120 valence electrons. The number of halogens is 2. The molecule has 3 aromatic rings. The van der Waals surface area contributed by atoms with E-state index < -0.39 is 11.7 Å². The van der Waals surface area contributed by atoms with Crippen molar-refractivity contribution >= 4 is 23.2 Å². The Morgan fingerprint density at radius 1 is 1.12 bits per heavy atom. The van der Waals surface area contributed by atoms with E-state index in [1.165, 1.54) is 36.7 Å². The number of rotatable bonds is 4. The van der Waals surface area contributed by atoms with Crippen LogP contribution in [-0.2, 0) is 0 Å². The maximum absolute atomic E-state index is 13.6. The molecule has 24 heavy (non-hydrogen) atoms. The third-order valence-corrected chi connectivity index (χ3v) is 3.19. The number of pyridine rings is 2. The lowest BCUT2D eigenvalue weighted by atomic mass is 10.3. The molecular formula is C17H11ClFN3O2. The summed E-state index contributed by atoms with van der Waals surface area (Å²) in [6.45, 7) is 0. The predicted molar refractivity (Wildman–Crippen MR) is 87.9 cm³/mol. The van der Waals surface area contributed by atoms with Gasteiger partial charge in [0.05, 0.1) is 16.9 Å². The Kier molecular flexibility index (Phi) is 4.67. The van der Waals surface area contributed by atoms with Gasteiger partial charge in [0.15, 0.2) is 0 Å². The number of amides is 1. The Labute approximate surface area is 142 Å². The number of hydrogen-bond donors (Lipinski definition) is 1. The summed E-state index contributed by atoms with van der Waals surface area (Å²) in [4.78, 5) is 20.2. The van der Waals surface area contributed by atoms with Crippen LogP contribution in [0.25, 0.3) is 0 Å². The van der Waals surface area contributed by atoms with Gasteiger partial charge in [-0.05, 0) is 18.2 Å². The first-order valence-corrected chi connectivity index (χ1v) is 7.31. The number of benzene rings is 1. The highest BCUT2D eigenvalue weighted by Crippen LogP contribution is 2.22. The standard InChI is InChI=1S/C17H11ClFN3O2/c18-11-8-12(10-20-9-11)24-16-7-3-6-15(21-16)17(23)22-14-5-2-1-4-13(14)19/h1-10H,(H,22,23). The first kappa shape index (κ1) is 15.9. The molecule has 1 N–H and O–H groups in total. The highest BCUT2D eigenvalue weighted by molar-refractivity contribution is 6.30. The minimum Gasteiger partial charge on any atom is -0.437 e. The second kappa shape index (κ2) is 7.06. The summed E-state index contributed by atoms with van der Waals surface area (Å²) >= 11 is 5.84. The Morgan fingerprint density at radius 3 is 2.75 bits per heavy atom. The smallest absolute Gasteiger partial charge is 0.274 e. The molecule has 0 bridgehead atoms. The van der Waals surface area contributed by atoms with Crippen molar-refractivity contribution in [2.24, 2.45) is 0 Å². The van der Waals surface area contributed by atoms with Gasteiger partial charge < -0.3 is 10.1 Å². The van der Waals surface area contributed by atoms with Gasteiger partial charge in [-0.2, -0.15) is 0 Å². The molecule has 2 aromatic heterocycles. The molecule has 0 saturated carbocycles. The molecule has 0 atom stereocenters. The molecule has 3 rings (SSSR count). The van der Waals surface area contributed by atoms with Crippen molar-refractivity contribution in [1.82, 2.24) is 9.97 Å². The number of nitrogens with one attached hydrogen (secondary N) is 1. The third-order valence-electron chi connectivity index (χ3n) is 2.98. The van der Waals surface area contributed by atoms with E-state index in [-0.39, 0.29) is 17.3 Å². The Hall–Kier alpha value is -2.99. The van der Waals surface area contributed by atoms with Gasteiger partial charge in [-0.25, -0.2) is 9.37 Å². The predicted octanol–water partition coefficient (Wildman–Crippen LogP) is 4.31. The van der Waals surface area contributed by atoms with E-state index >= 15 is 0 Å². The number of para-hydroxylation sites is 1. The van der Waals surface area contributed by atoms with E-state index in [0.717, 1.165) is 0 Å². The van der Waals surface area contributed by atoms with Gasteiger partial charge in [-0.1, -0.05) is 29.8 Å². The molecule has 0 saturated heterocycles. The van der Waals surface area contributed by atoms with Crippen molar-refractivity contribution in [3.63, 3.8) is 0 Å². The Morgan fingerprint density at radius 2 is 1.96 bits per heavy atom. The van der Waals surface area contributed by atoms with Gasteiger partial charge >= 0.3 is 0 Å². The molecular weight excluding hydrogens is 333 g/mol. The summed E-state index contributed by atoms with van der Waals surface area (Å²) in [7, 11) is 0. The summed E-state index contributed by atoms with van der Waals surface area (Å²) in [6.07, 6.45) is 2.94. The van der Waals surface area contributed by atoms with Crippen LogP contribution in [0.15, 0.2) is 60.9 Å². The topological polar surface area (TPSA) is 64.1 Å². The van der Waals surface area contributed by atoms with Crippen LogP contribution < -0.4 is 10.1 Å². The summed E-state index contributed by atoms with van der Waals surface area (Å²) in [5.41, 5.74) is 0.167. The first-order valence-electron chi connectivity index (χ1n) is 6.93. The van der Waals surface area contributed by atoms with Crippen LogP contribution in [0.4, 0.5) is 10.1 Å². The number of hydrogen-bond acceptors (Lipinski definition) is 4. The fraction of sp³-hybridized carbons (Fsp3) is 0. The van der Waals surface area contributed by atoms with Gasteiger partial charge in [-0.3, -0.25) is 9.78 Å². The van der Waals surface area contributed by atoms with Crippen LogP contribution >= 0.6 is 11.6 Å².